The number of para-hydroxylation sites is 1. The number of nitrogens with zero attached hydrogens (tertiary/aromatic N) is 6. The summed E-state index contributed by atoms with van der Waals surface area (Å²) < 4.78 is 2.19. The predicted octanol–water partition coefficient (Wildman–Crippen LogP) is 4.38. The molecule has 0 radical (unpaired) electrons. The molecule has 3 aromatic rings. The molecule has 0 unspecified atom stereocenters. The molecule has 1 fully saturated rings. The lowest BCUT2D eigenvalue weighted by atomic mass is 10.1. The molecule has 1 aliphatic rings. The van der Waals surface area contributed by atoms with E-state index >= 15 is 0 Å². The number of benzene rings is 1. The van der Waals surface area contributed by atoms with Gasteiger partial charge in [0.05, 0.1) is 11.4 Å². The van der Waals surface area contributed by atoms with Gasteiger partial charge >= 0.3 is 0 Å². The molecule has 6 nitrogen and oxygen atoms in total. The maximum absolute atomic E-state index is 5.16. The molecule has 2 aromatic heterocycles. The summed E-state index contributed by atoms with van der Waals surface area (Å²) in [5, 5.41) is 5.16. The Morgan fingerprint density at radius 2 is 1.70 bits per heavy atom. The zero-order chi connectivity index (χ0) is 23.2. The highest BCUT2D eigenvalue weighted by Crippen LogP contribution is 2.31. The minimum Gasteiger partial charge on any atom is -0.354 e. The average molecular weight is 447 g/mol. The van der Waals surface area contributed by atoms with Crippen LogP contribution in [-0.2, 0) is 19.5 Å². The molecule has 6 heteroatoms. The van der Waals surface area contributed by atoms with Crippen molar-refractivity contribution in [1.29, 1.82) is 0 Å². The predicted molar refractivity (Wildman–Crippen MR) is 136 cm³/mol. The van der Waals surface area contributed by atoms with E-state index < -0.39 is 0 Å². The first-order valence-corrected chi connectivity index (χ1v) is 12.4. The molecule has 4 rings (SSSR count). The Kier molecular flexibility index (Phi) is 7.78. The Labute approximate surface area is 198 Å². The summed E-state index contributed by atoms with van der Waals surface area (Å²) in [6.07, 6.45) is 4.75. The van der Waals surface area contributed by atoms with Crippen LogP contribution in [0.3, 0.4) is 0 Å². The number of hydrogen-bond acceptors (Lipinski definition) is 5. The number of piperazine rings is 1. The van der Waals surface area contributed by atoms with E-state index in [1.54, 1.807) is 0 Å². The molecule has 0 saturated carbocycles. The van der Waals surface area contributed by atoms with Crippen LogP contribution in [0.4, 0.5) is 5.82 Å². The van der Waals surface area contributed by atoms with Crippen molar-refractivity contribution in [3.8, 4) is 5.69 Å². The van der Waals surface area contributed by atoms with Crippen LogP contribution in [0, 0.1) is 0 Å². The maximum Gasteiger partial charge on any atom is 0.137 e. The van der Waals surface area contributed by atoms with E-state index in [0.717, 1.165) is 57.9 Å². The third kappa shape index (κ3) is 5.45. The first-order valence-electron chi connectivity index (χ1n) is 12.4. The topological polar surface area (TPSA) is 40.4 Å². The third-order valence-corrected chi connectivity index (χ3v) is 6.69. The molecule has 176 valence electrons. The van der Waals surface area contributed by atoms with Crippen LogP contribution in [0.2, 0.25) is 0 Å². The Morgan fingerprint density at radius 3 is 2.30 bits per heavy atom. The Balaban J connectivity index is 1.73. The van der Waals surface area contributed by atoms with Crippen LogP contribution in [0.15, 0.2) is 54.9 Å². The summed E-state index contributed by atoms with van der Waals surface area (Å²) in [5.41, 5.74) is 4.94. The van der Waals surface area contributed by atoms with Gasteiger partial charge in [-0.2, -0.15) is 5.10 Å². The van der Waals surface area contributed by atoms with Crippen molar-refractivity contribution in [2.24, 2.45) is 0 Å². The van der Waals surface area contributed by atoms with Gasteiger partial charge in [0.1, 0.15) is 5.82 Å². The van der Waals surface area contributed by atoms with Gasteiger partial charge in [0, 0.05) is 63.3 Å². The van der Waals surface area contributed by atoms with Crippen LogP contribution >= 0.6 is 0 Å². The molecule has 33 heavy (non-hydrogen) atoms. The largest absolute Gasteiger partial charge is 0.354 e. The van der Waals surface area contributed by atoms with E-state index in [9.17, 15) is 0 Å². The van der Waals surface area contributed by atoms with Crippen molar-refractivity contribution in [2.45, 2.75) is 53.2 Å². The van der Waals surface area contributed by atoms with Crippen molar-refractivity contribution in [3.05, 3.63) is 71.7 Å². The second kappa shape index (κ2) is 10.9. The molecule has 0 amide bonds. The van der Waals surface area contributed by atoms with Crippen LogP contribution in [0.5, 0.6) is 0 Å². The van der Waals surface area contributed by atoms with Gasteiger partial charge in [0.25, 0.3) is 0 Å². The van der Waals surface area contributed by atoms with E-state index in [1.165, 1.54) is 22.6 Å². The lowest BCUT2D eigenvalue weighted by molar-refractivity contribution is 0.202. The summed E-state index contributed by atoms with van der Waals surface area (Å²) in [6.45, 7) is 16.2. The van der Waals surface area contributed by atoms with E-state index in [2.05, 4.69) is 88.5 Å². The lowest BCUT2D eigenvalue weighted by Crippen LogP contribution is -2.47. The van der Waals surface area contributed by atoms with E-state index in [4.69, 9.17) is 5.10 Å². The van der Waals surface area contributed by atoms with E-state index in [1.807, 2.05) is 18.5 Å². The van der Waals surface area contributed by atoms with Gasteiger partial charge in [-0.25, -0.2) is 4.68 Å². The molecule has 0 spiro atoms. The van der Waals surface area contributed by atoms with Crippen LogP contribution in [-0.4, -0.2) is 63.3 Å². The van der Waals surface area contributed by atoms with Gasteiger partial charge in [-0.15, -0.1) is 0 Å². The van der Waals surface area contributed by atoms with Gasteiger partial charge in [-0.1, -0.05) is 38.1 Å². The minimum absolute atomic E-state index is 0.416. The van der Waals surface area contributed by atoms with Crippen LogP contribution < -0.4 is 4.90 Å². The van der Waals surface area contributed by atoms with Crippen molar-refractivity contribution < 1.29 is 0 Å². The molecular formula is C27H38N6. The standard InChI is InChI=1S/C27H38N6/c1-5-26-25(21-32(22(3)4)20-23-11-10-14-28-19-23)27(31-17-15-30(6-2)16-18-31)33(29-26)24-12-8-7-9-13-24/h7-14,19,22H,5-6,15-18,20-21H2,1-4H3. The van der Waals surface area contributed by atoms with E-state index in [0.29, 0.717) is 6.04 Å². The van der Waals surface area contributed by atoms with Crippen molar-refractivity contribution >= 4 is 5.82 Å². The molecule has 0 bridgehead atoms. The number of likely N-dealkylation sites (N-methyl/N-ethyl adjacent to an activating group) is 1. The number of anilines is 1. The number of aryl methyl sites for hydroxylation is 1. The molecule has 1 saturated heterocycles. The fraction of sp³-hybridized carbons (Fsp3) is 0.481. The summed E-state index contributed by atoms with van der Waals surface area (Å²) in [6, 6.07) is 15.2. The second-order valence-corrected chi connectivity index (χ2v) is 9.13. The number of hydrogen-bond donors (Lipinski definition) is 0. The molecule has 0 aliphatic carbocycles. The normalized spacial score (nSPS) is 15.0. The van der Waals surface area contributed by atoms with Crippen molar-refractivity contribution in [2.75, 3.05) is 37.6 Å². The first kappa shape index (κ1) is 23.5. The zero-order valence-electron chi connectivity index (χ0n) is 20.6. The Morgan fingerprint density at radius 1 is 0.939 bits per heavy atom. The van der Waals surface area contributed by atoms with Crippen LogP contribution in [0.25, 0.3) is 5.69 Å². The average Bonchev–Trinajstić information content (AvgIpc) is 3.23. The van der Waals surface area contributed by atoms with E-state index in [-0.39, 0.29) is 0 Å². The smallest absolute Gasteiger partial charge is 0.137 e. The van der Waals surface area contributed by atoms with Crippen LogP contribution in [0.1, 0.15) is 44.5 Å². The number of aromatic nitrogens is 3. The number of rotatable bonds is 9. The second-order valence-electron chi connectivity index (χ2n) is 9.13. The molecule has 0 atom stereocenters. The van der Waals surface area contributed by atoms with Gasteiger partial charge in [0.2, 0.25) is 0 Å². The third-order valence-electron chi connectivity index (χ3n) is 6.69. The molecular weight excluding hydrogens is 408 g/mol. The summed E-state index contributed by atoms with van der Waals surface area (Å²) >= 11 is 0. The van der Waals surface area contributed by atoms with Gasteiger partial charge < -0.3 is 9.80 Å². The number of pyridine rings is 1. The quantitative estimate of drug-likeness (QED) is 0.488. The Bertz CT molecular complexity index is 990. The summed E-state index contributed by atoms with van der Waals surface area (Å²) in [7, 11) is 0. The van der Waals surface area contributed by atoms with Gasteiger partial charge in [-0.05, 0) is 50.6 Å². The SMILES string of the molecule is CCc1nn(-c2ccccc2)c(N2CCN(CC)CC2)c1CN(Cc1cccnc1)C(C)C. The minimum atomic E-state index is 0.416. The molecule has 1 aliphatic heterocycles. The monoisotopic (exact) mass is 446 g/mol. The first-order chi connectivity index (χ1) is 16.1. The van der Waals surface area contributed by atoms with Gasteiger partial charge in [-0.3, -0.25) is 9.88 Å². The van der Waals surface area contributed by atoms with Gasteiger partial charge in [0.15, 0.2) is 0 Å². The summed E-state index contributed by atoms with van der Waals surface area (Å²) in [4.78, 5) is 12.0. The molecule has 3 heterocycles. The highest BCUT2D eigenvalue weighted by molar-refractivity contribution is 5.56. The van der Waals surface area contributed by atoms with Crippen molar-refractivity contribution in [1.82, 2.24) is 24.6 Å². The maximum atomic E-state index is 5.16. The Hall–Kier alpha value is -2.70. The fourth-order valence-electron chi connectivity index (χ4n) is 4.63. The lowest BCUT2D eigenvalue weighted by Gasteiger charge is -2.36. The fourth-order valence-corrected chi connectivity index (χ4v) is 4.63. The molecule has 0 N–H and O–H groups in total. The highest BCUT2D eigenvalue weighted by Gasteiger charge is 2.27. The van der Waals surface area contributed by atoms with Crippen molar-refractivity contribution in [3.63, 3.8) is 0 Å². The molecule has 1 aromatic carbocycles. The summed E-state index contributed by atoms with van der Waals surface area (Å²) in [5.74, 6) is 1.27. The highest BCUT2D eigenvalue weighted by atomic mass is 15.4. The zero-order valence-corrected chi connectivity index (χ0v) is 20.6.